The van der Waals surface area contributed by atoms with Gasteiger partial charge in [-0.25, -0.2) is 9.79 Å². The summed E-state index contributed by atoms with van der Waals surface area (Å²) in [5.41, 5.74) is 0.977. The number of aromatic nitrogens is 1. The Balaban J connectivity index is 1.66. The maximum absolute atomic E-state index is 13.9. The van der Waals surface area contributed by atoms with Gasteiger partial charge in [-0.1, -0.05) is 41.3 Å². The van der Waals surface area contributed by atoms with Crippen LogP contribution in [0.25, 0.3) is 6.08 Å². The van der Waals surface area contributed by atoms with Gasteiger partial charge in [-0.15, -0.1) is 0 Å². The second-order valence-electron chi connectivity index (χ2n) is 8.61. The van der Waals surface area contributed by atoms with E-state index in [0.717, 1.165) is 9.37 Å². The second-order valence-corrected chi connectivity index (χ2v) is 11.5. The highest BCUT2D eigenvalue weighted by Gasteiger charge is 2.35. The van der Waals surface area contributed by atoms with Gasteiger partial charge in [0.25, 0.3) is 5.56 Å². The molecule has 0 unspecified atom stereocenters. The molecule has 0 saturated heterocycles. The summed E-state index contributed by atoms with van der Waals surface area (Å²) >= 11 is 6.25. The minimum Gasteiger partial charge on any atom is -0.497 e. The zero-order valence-corrected chi connectivity index (χ0v) is 25.3. The Hall–Kier alpha value is -3.54. The molecular weight excluding hydrogens is 616 g/mol. The van der Waals surface area contributed by atoms with E-state index in [1.165, 1.54) is 34.8 Å². The van der Waals surface area contributed by atoms with Crippen LogP contribution in [0.15, 0.2) is 94.5 Å². The van der Waals surface area contributed by atoms with E-state index in [-0.39, 0.29) is 17.7 Å². The minimum atomic E-state index is -0.838. The Bertz CT molecular complexity index is 1790. The number of hydrogen-bond donors (Lipinski definition) is 0. The van der Waals surface area contributed by atoms with E-state index in [9.17, 15) is 9.59 Å². The average molecular weight is 642 g/mol. The molecule has 8 nitrogen and oxygen atoms in total. The van der Waals surface area contributed by atoms with Crippen LogP contribution >= 0.6 is 39.0 Å². The fourth-order valence-corrected chi connectivity index (χ4v) is 6.75. The molecule has 0 aliphatic carbocycles. The number of halogens is 1. The first kappa shape index (κ1) is 28.0. The summed E-state index contributed by atoms with van der Waals surface area (Å²) in [6, 6.07) is 16.1. The van der Waals surface area contributed by atoms with Crippen LogP contribution in [-0.4, -0.2) is 31.4 Å². The van der Waals surface area contributed by atoms with Gasteiger partial charge in [0.1, 0.15) is 23.3 Å². The molecule has 0 amide bonds. The molecule has 40 heavy (non-hydrogen) atoms. The number of ether oxygens (including phenoxy) is 3. The van der Waals surface area contributed by atoms with E-state index in [1.54, 1.807) is 45.2 Å². The van der Waals surface area contributed by atoms with E-state index in [4.69, 9.17) is 18.6 Å². The van der Waals surface area contributed by atoms with Crippen molar-refractivity contribution >= 4 is 51.1 Å². The monoisotopic (exact) mass is 640 g/mol. The smallest absolute Gasteiger partial charge is 0.338 e. The van der Waals surface area contributed by atoms with Crippen molar-refractivity contribution in [3.63, 3.8) is 0 Å². The van der Waals surface area contributed by atoms with Crippen LogP contribution in [0.5, 0.6) is 11.5 Å². The van der Waals surface area contributed by atoms with Crippen LogP contribution in [0, 0.1) is 0 Å². The van der Waals surface area contributed by atoms with Gasteiger partial charge < -0.3 is 18.6 Å². The fraction of sp³-hybridized carbons (Fsp3) is 0.207. The Kier molecular flexibility index (Phi) is 8.34. The first-order valence-corrected chi connectivity index (χ1v) is 14.7. The Morgan fingerprint density at radius 1 is 1.18 bits per heavy atom. The SMILES string of the molecule is CCOC(=O)C1=C(C)N=c2s/c(=C/c3cc(Br)c(Sc4ccccc4)o3)c(=O)n2[C@H]1c1cc(OC)ccc1OC. The number of thiazole rings is 1. The molecule has 4 aromatic rings. The third-order valence-electron chi connectivity index (χ3n) is 6.15. The van der Waals surface area contributed by atoms with E-state index in [0.29, 0.717) is 42.9 Å². The second kappa shape index (κ2) is 11.9. The van der Waals surface area contributed by atoms with Crippen LogP contribution in [0.3, 0.4) is 0 Å². The van der Waals surface area contributed by atoms with Crippen molar-refractivity contribution in [3.05, 3.63) is 101 Å². The molecule has 2 aromatic carbocycles. The van der Waals surface area contributed by atoms with E-state index < -0.39 is 12.0 Å². The molecule has 0 fully saturated rings. The number of esters is 1. The summed E-state index contributed by atoms with van der Waals surface area (Å²) in [6.45, 7) is 3.65. The molecule has 1 atom stereocenters. The van der Waals surface area contributed by atoms with Crippen molar-refractivity contribution in [3.8, 4) is 11.5 Å². The van der Waals surface area contributed by atoms with Crippen molar-refractivity contribution in [2.24, 2.45) is 4.99 Å². The molecule has 3 heterocycles. The van der Waals surface area contributed by atoms with E-state index in [2.05, 4.69) is 20.9 Å². The molecule has 0 bridgehead atoms. The number of benzene rings is 2. The highest BCUT2D eigenvalue weighted by molar-refractivity contribution is 9.10. The van der Waals surface area contributed by atoms with Crippen molar-refractivity contribution in [1.29, 1.82) is 0 Å². The molecule has 11 heteroatoms. The van der Waals surface area contributed by atoms with Crippen LogP contribution in [0.2, 0.25) is 0 Å². The van der Waals surface area contributed by atoms with Gasteiger partial charge in [0.15, 0.2) is 9.89 Å². The molecule has 0 radical (unpaired) electrons. The predicted octanol–water partition coefficient (Wildman–Crippen LogP) is 5.32. The lowest BCUT2D eigenvalue weighted by Crippen LogP contribution is -2.40. The number of nitrogens with zero attached hydrogens (tertiary/aromatic N) is 2. The number of carbonyl (C=O) groups excluding carboxylic acids is 1. The summed E-state index contributed by atoms with van der Waals surface area (Å²) in [5, 5.41) is 0.671. The van der Waals surface area contributed by atoms with Gasteiger partial charge in [0.05, 0.1) is 41.1 Å². The lowest BCUT2D eigenvalue weighted by atomic mass is 9.95. The fourth-order valence-electron chi connectivity index (χ4n) is 4.37. The summed E-state index contributed by atoms with van der Waals surface area (Å²) in [6.07, 6.45) is 1.69. The number of hydrogen-bond acceptors (Lipinski definition) is 9. The number of allylic oxidation sites excluding steroid dienone is 1. The molecule has 0 saturated carbocycles. The lowest BCUT2D eigenvalue weighted by Gasteiger charge is -2.26. The molecule has 0 N–H and O–H groups in total. The van der Waals surface area contributed by atoms with Gasteiger partial charge in [0, 0.05) is 16.5 Å². The van der Waals surface area contributed by atoms with Gasteiger partial charge in [0.2, 0.25) is 0 Å². The van der Waals surface area contributed by atoms with Crippen LogP contribution in [-0.2, 0) is 9.53 Å². The number of furan rings is 1. The summed E-state index contributed by atoms with van der Waals surface area (Å²) in [5.74, 6) is 1.01. The molecule has 1 aliphatic rings. The van der Waals surface area contributed by atoms with Gasteiger partial charge >= 0.3 is 5.97 Å². The standard InChI is InChI=1S/C29H25BrN2O6S2/c1-5-37-27(34)24-16(2)31-29-32(25(24)20-13-17(35-3)11-12-22(20)36-4)26(33)23(40-29)15-18-14-21(30)28(38-18)39-19-9-7-6-8-10-19/h6-15,25H,5H2,1-4H3/b23-15+/t25-/m0/s1. The zero-order chi connectivity index (χ0) is 28.4. The molecule has 0 spiro atoms. The minimum absolute atomic E-state index is 0.179. The van der Waals surface area contributed by atoms with Gasteiger partial charge in [-0.2, -0.15) is 0 Å². The molecule has 5 rings (SSSR count). The maximum Gasteiger partial charge on any atom is 0.338 e. The van der Waals surface area contributed by atoms with Gasteiger partial charge in [-0.05, 0) is 66.2 Å². The Morgan fingerprint density at radius 2 is 1.95 bits per heavy atom. The highest BCUT2D eigenvalue weighted by atomic mass is 79.9. The maximum atomic E-state index is 13.9. The van der Waals surface area contributed by atoms with Crippen LogP contribution < -0.4 is 24.4 Å². The third-order valence-corrected chi connectivity index (χ3v) is 8.98. The van der Waals surface area contributed by atoms with Gasteiger partial charge in [-0.3, -0.25) is 9.36 Å². The first-order valence-electron chi connectivity index (χ1n) is 12.3. The first-order chi connectivity index (χ1) is 19.3. The normalized spacial score (nSPS) is 15.0. The highest BCUT2D eigenvalue weighted by Crippen LogP contribution is 2.38. The quantitative estimate of drug-likeness (QED) is 0.241. The predicted molar refractivity (Wildman–Crippen MR) is 157 cm³/mol. The molecule has 206 valence electrons. The van der Waals surface area contributed by atoms with E-state index in [1.807, 2.05) is 36.4 Å². The van der Waals surface area contributed by atoms with Crippen LogP contribution in [0.1, 0.15) is 31.2 Å². The van der Waals surface area contributed by atoms with Crippen molar-refractivity contribution in [1.82, 2.24) is 4.57 Å². The molecular formula is C29H25BrN2O6S2. The van der Waals surface area contributed by atoms with Crippen molar-refractivity contribution in [2.75, 3.05) is 20.8 Å². The Labute approximate surface area is 246 Å². The molecule has 2 aromatic heterocycles. The number of methoxy groups -OCH3 is 2. The average Bonchev–Trinajstić information content (AvgIpc) is 3.45. The molecule has 1 aliphatic heterocycles. The number of fused-ring (bicyclic) bond motifs is 1. The number of rotatable bonds is 8. The summed E-state index contributed by atoms with van der Waals surface area (Å²) in [4.78, 5) is 33.3. The van der Waals surface area contributed by atoms with E-state index >= 15 is 0 Å². The Morgan fingerprint density at radius 3 is 2.65 bits per heavy atom. The zero-order valence-electron chi connectivity index (χ0n) is 22.1. The van der Waals surface area contributed by atoms with Crippen molar-refractivity contribution < 1.29 is 23.4 Å². The van der Waals surface area contributed by atoms with Crippen molar-refractivity contribution in [2.45, 2.75) is 29.9 Å². The third kappa shape index (κ3) is 5.41. The lowest BCUT2D eigenvalue weighted by molar-refractivity contribution is -0.139. The van der Waals surface area contributed by atoms with Crippen LogP contribution in [0.4, 0.5) is 0 Å². The summed E-state index contributed by atoms with van der Waals surface area (Å²) in [7, 11) is 3.09. The number of carbonyl (C=O) groups is 1. The summed E-state index contributed by atoms with van der Waals surface area (Å²) < 4.78 is 25.2. The largest absolute Gasteiger partial charge is 0.497 e. The topological polar surface area (TPSA) is 92.3 Å².